The van der Waals surface area contributed by atoms with Crippen LogP contribution in [0, 0.1) is 12.8 Å². The van der Waals surface area contributed by atoms with Gasteiger partial charge in [0.05, 0.1) is 17.0 Å². The van der Waals surface area contributed by atoms with Crippen LogP contribution in [0.2, 0.25) is 0 Å². The molecule has 29 heavy (non-hydrogen) atoms. The molecule has 4 rings (SSSR count). The van der Waals surface area contributed by atoms with Gasteiger partial charge in [-0.3, -0.25) is 4.79 Å². The second kappa shape index (κ2) is 8.91. The Kier molecular flexibility index (Phi) is 6.09. The molecule has 1 aliphatic heterocycles. The third kappa shape index (κ3) is 4.75. The Hall–Kier alpha value is -2.47. The lowest BCUT2D eigenvalue weighted by Crippen LogP contribution is -2.43. The smallest absolute Gasteiger partial charge is 0.224 e. The number of carbonyl (C=O) groups excluding carboxylic acids is 1. The fourth-order valence-corrected chi connectivity index (χ4v) is 4.32. The van der Waals surface area contributed by atoms with Crippen molar-refractivity contribution in [2.24, 2.45) is 5.92 Å². The van der Waals surface area contributed by atoms with Crippen LogP contribution in [0.3, 0.4) is 0 Å². The van der Waals surface area contributed by atoms with E-state index < -0.39 is 0 Å². The third-order valence-electron chi connectivity index (χ3n) is 5.59. The lowest BCUT2D eigenvalue weighted by Gasteiger charge is -2.31. The summed E-state index contributed by atoms with van der Waals surface area (Å²) in [6.07, 6.45) is 4.88. The van der Waals surface area contributed by atoms with Crippen molar-refractivity contribution in [2.45, 2.75) is 31.1 Å². The van der Waals surface area contributed by atoms with Gasteiger partial charge < -0.3 is 15.2 Å². The highest BCUT2D eigenvalue weighted by Crippen LogP contribution is 2.24. The molecule has 2 heterocycles. The minimum absolute atomic E-state index is 0.0116. The Bertz CT molecular complexity index is 982. The molecule has 1 atom stereocenters. The normalized spacial score (nSPS) is 16.9. The van der Waals surface area contributed by atoms with Gasteiger partial charge in [-0.1, -0.05) is 18.2 Å². The van der Waals surface area contributed by atoms with Crippen molar-refractivity contribution in [2.75, 3.05) is 30.8 Å². The van der Waals surface area contributed by atoms with Gasteiger partial charge >= 0.3 is 0 Å². The van der Waals surface area contributed by atoms with E-state index >= 15 is 0 Å². The number of anilines is 1. The number of fused-ring (bicyclic) bond motifs is 1. The number of rotatable bonds is 6. The average Bonchev–Trinajstić information content (AvgIpc) is 3.17. The molecule has 1 aliphatic rings. The molecule has 0 aliphatic carbocycles. The van der Waals surface area contributed by atoms with Crippen LogP contribution in [-0.2, 0) is 11.2 Å². The molecule has 2 N–H and O–H groups in total. The Labute approximate surface area is 176 Å². The molecule has 1 aromatic heterocycles. The standard InChI is InChI=1S/C23H28N4OS/c1-16-5-10-20-21(14-16)26-23(25-20)27-13-3-4-18(15-27)22(28)24-12-11-17-6-8-19(29-2)9-7-17/h5-10,14,18H,3-4,11-13,15H2,1-2H3,(H,24,28)(H,25,26)/t18-/m1/s1. The molecule has 0 saturated carbocycles. The maximum atomic E-state index is 12.7. The number of benzene rings is 2. The van der Waals surface area contributed by atoms with Gasteiger partial charge in [-0.25, -0.2) is 4.98 Å². The molecule has 0 bridgehead atoms. The van der Waals surface area contributed by atoms with Crippen molar-refractivity contribution in [1.29, 1.82) is 0 Å². The van der Waals surface area contributed by atoms with Crippen LogP contribution in [0.4, 0.5) is 5.95 Å². The summed E-state index contributed by atoms with van der Waals surface area (Å²) in [6.45, 7) is 4.41. The molecule has 0 unspecified atom stereocenters. The minimum atomic E-state index is 0.0116. The second-order valence-electron chi connectivity index (χ2n) is 7.76. The predicted octanol–water partition coefficient (Wildman–Crippen LogP) is 4.17. The number of piperidine rings is 1. The number of hydrogen-bond acceptors (Lipinski definition) is 4. The van der Waals surface area contributed by atoms with Gasteiger partial charge in [-0.05, 0) is 67.8 Å². The molecule has 5 nitrogen and oxygen atoms in total. The minimum Gasteiger partial charge on any atom is -0.355 e. The van der Waals surface area contributed by atoms with E-state index in [4.69, 9.17) is 4.98 Å². The Morgan fingerprint density at radius 1 is 1.28 bits per heavy atom. The van der Waals surface area contributed by atoms with Crippen LogP contribution in [0.25, 0.3) is 11.0 Å². The van der Waals surface area contributed by atoms with Gasteiger partial charge in [0, 0.05) is 24.5 Å². The molecule has 1 saturated heterocycles. The first-order valence-electron chi connectivity index (χ1n) is 10.2. The predicted molar refractivity (Wildman–Crippen MR) is 121 cm³/mol. The zero-order valence-corrected chi connectivity index (χ0v) is 17.9. The summed E-state index contributed by atoms with van der Waals surface area (Å²) < 4.78 is 0. The van der Waals surface area contributed by atoms with Crippen LogP contribution in [-0.4, -0.2) is 41.8 Å². The number of amides is 1. The molecule has 3 aromatic rings. The molecule has 0 radical (unpaired) electrons. The highest BCUT2D eigenvalue weighted by molar-refractivity contribution is 7.98. The summed E-state index contributed by atoms with van der Waals surface area (Å²) in [5, 5.41) is 3.13. The average molecular weight is 409 g/mol. The summed E-state index contributed by atoms with van der Waals surface area (Å²) in [7, 11) is 0. The first kappa shape index (κ1) is 19.8. The van der Waals surface area contributed by atoms with E-state index in [2.05, 4.69) is 64.8 Å². The third-order valence-corrected chi connectivity index (χ3v) is 6.33. The molecule has 1 amide bonds. The van der Waals surface area contributed by atoms with Crippen LogP contribution in [0.5, 0.6) is 0 Å². The zero-order chi connectivity index (χ0) is 20.2. The van der Waals surface area contributed by atoms with Gasteiger partial charge in [0.15, 0.2) is 0 Å². The molecular weight excluding hydrogens is 380 g/mol. The van der Waals surface area contributed by atoms with Crippen LogP contribution < -0.4 is 10.2 Å². The number of nitrogens with one attached hydrogen (secondary N) is 2. The first-order valence-corrected chi connectivity index (χ1v) is 11.5. The number of hydrogen-bond donors (Lipinski definition) is 2. The van der Waals surface area contributed by atoms with E-state index in [1.807, 2.05) is 6.07 Å². The number of aryl methyl sites for hydroxylation is 1. The van der Waals surface area contributed by atoms with E-state index in [0.29, 0.717) is 13.1 Å². The zero-order valence-electron chi connectivity index (χ0n) is 17.1. The lowest BCUT2D eigenvalue weighted by atomic mass is 9.97. The molecule has 0 spiro atoms. The number of thioether (sulfide) groups is 1. The molecule has 1 fully saturated rings. The summed E-state index contributed by atoms with van der Waals surface area (Å²) in [5.74, 6) is 1.04. The number of carbonyl (C=O) groups is 1. The number of aromatic nitrogens is 2. The molecule has 152 valence electrons. The maximum Gasteiger partial charge on any atom is 0.224 e. The molecule has 6 heteroatoms. The summed E-state index contributed by atoms with van der Waals surface area (Å²) in [5.41, 5.74) is 4.50. The number of imidazole rings is 1. The Morgan fingerprint density at radius 3 is 2.90 bits per heavy atom. The van der Waals surface area contributed by atoms with Crippen LogP contribution in [0.15, 0.2) is 47.4 Å². The Morgan fingerprint density at radius 2 is 2.10 bits per heavy atom. The Balaban J connectivity index is 1.32. The topological polar surface area (TPSA) is 61.0 Å². The van der Waals surface area contributed by atoms with E-state index in [1.54, 1.807) is 11.8 Å². The van der Waals surface area contributed by atoms with E-state index in [1.165, 1.54) is 16.0 Å². The van der Waals surface area contributed by atoms with Gasteiger partial charge in [-0.15, -0.1) is 11.8 Å². The quantitative estimate of drug-likeness (QED) is 0.601. The highest BCUT2D eigenvalue weighted by Gasteiger charge is 2.27. The SMILES string of the molecule is CSc1ccc(CCNC(=O)[C@@H]2CCCN(c3nc4ccc(C)cc4[nH]3)C2)cc1. The number of nitrogens with zero attached hydrogens (tertiary/aromatic N) is 2. The van der Waals surface area contributed by atoms with Crippen molar-refractivity contribution in [1.82, 2.24) is 15.3 Å². The van der Waals surface area contributed by atoms with Crippen molar-refractivity contribution in [3.8, 4) is 0 Å². The molecular formula is C23H28N4OS. The van der Waals surface area contributed by atoms with E-state index in [0.717, 1.165) is 42.8 Å². The lowest BCUT2D eigenvalue weighted by molar-refractivity contribution is -0.125. The number of H-pyrrole nitrogens is 1. The number of aromatic amines is 1. The molecule has 2 aromatic carbocycles. The van der Waals surface area contributed by atoms with Crippen molar-refractivity contribution in [3.63, 3.8) is 0 Å². The summed E-state index contributed by atoms with van der Waals surface area (Å²) in [6, 6.07) is 14.8. The fourth-order valence-electron chi connectivity index (χ4n) is 3.91. The van der Waals surface area contributed by atoms with Crippen LogP contribution in [0.1, 0.15) is 24.0 Å². The summed E-state index contributed by atoms with van der Waals surface area (Å²) in [4.78, 5) is 24.3. The van der Waals surface area contributed by atoms with E-state index in [9.17, 15) is 4.79 Å². The first-order chi connectivity index (χ1) is 14.1. The fraction of sp³-hybridized carbons (Fsp3) is 0.391. The van der Waals surface area contributed by atoms with Gasteiger partial charge in [0.1, 0.15) is 0 Å². The second-order valence-corrected chi connectivity index (χ2v) is 8.63. The van der Waals surface area contributed by atoms with Gasteiger partial charge in [0.2, 0.25) is 11.9 Å². The van der Waals surface area contributed by atoms with Crippen molar-refractivity contribution < 1.29 is 4.79 Å². The van der Waals surface area contributed by atoms with Gasteiger partial charge in [-0.2, -0.15) is 0 Å². The van der Waals surface area contributed by atoms with Crippen molar-refractivity contribution >= 4 is 34.7 Å². The maximum absolute atomic E-state index is 12.7. The summed E-state index contributed by atoms with van der Waals surface area (Å²) >= 11 is 1.74. The largest absolute Gasteiger partial charge is 0.355 e. The monoisotopic (exact) mass is 408 g/mol. The van der Waals surface area contributed by atoms with Crippen molar-refractivity contribution in [3.05, 3.63) is 53.6 Å². The highest BCUT2D eigenvalue weighted by atomic mass is 32.2. The van der Waals surface area contributed by atoms with Gasteiger partial charge in [0.25, 0.3) is 0 Å². The van der Waals surface area contributed by atoms with Crippen LogP contribution >= 0.6 is 11.8 Å². The van der Waals surface area contributed by atoms with E-state index in [-0.39, 0.29) is 11.8 Å².